The predicted octanol–water partition coefficient (Wildman–Crippen LogP) is 1.58. The average molecular weight is 245 g/mol. The van der Waals surface area contributed by atoms with Crippen molar-refractivity contribution in [3.8, 4) is 0 Å². The van der Waals surface area contributed by atoms with Gasteiger partial charge in [-0.15, -0.1) is 0 Å². The Morgan fingerprint density at radius 2 is 2.19 bits per heavy atom. The first kappa shape index (κ1) is 13.3. The van der Waals surface area contributed by atoms with Gasteiger partial charge in [-0.05, 0) is 18.6 Å². The van der Waals surface area contributed by atoms with E-state index in [0.29, 0.717) is 18.8 Å². The molecule has 0 atom stereocenters. The van der Waals surface area contributed by atoms with Crippen LogP contribution in [0.5, 0.6) is 0 Å². The summed E-state index contributed by atoms with van der Waals surface area (Å²) in [4.78, 5) is 0. The molecule has 0 unspecified atom stereocenters. The quantitative estimate of drug-likeness (QED) is 0.706. The van der Waals surface area contributed by atoms with Gasteiger partial charge in [0.05, 0.1) is 24.3 Å². The summed E-state index contributed by atoms with van der Waals surface area (Å²) < 4.78 is 28.1. The second kappa shape index (κ2) is 6.70. The van der Waals surface area contributed by atoms with Crippen molar-refractivity contribution < 1.29 is 12.8 Å². The van der Waals surface area contributed by atoms with Crippen LogP contribution >= 0.6 is 0 Å². The molecular weight excluding hydrogens is 226 g/mol. The maximum atomic E-state index is 11.5. The maximum Gasteiger partial charge on any atom is 0.151 e. The van der Waals surface area contributed by atoms with E-state index in [4.69, 9.17) is 4.42 Å². The molecule has 1 aromatic rings. The fourth-order valence-electron chi connectivity index (χ4n) is 1.32. The van der Waals surface area contributed by atoms with Crippen molar-refractivity contribution in [1.29, 1.82) is 0 Å². The molecule has 16 heavy (non-hydrogen) atoms. The minimum Gasteiger partial charge on any atom is -0.468 e. The number of furan rings is 1. The number of nitrogens with one attached hydrogen (secondary N) is 1. The van der Waals surface area contributed by atoms with E-state index < -0.39 is 9.84 Å². The number of rotatable bonds is 8. The summed E-state index contributed by atoms with van der Waals surface area (Å²) in [7, 11) is -2.88. The first-order valence-electron chi connectivity index (χ1n) is 5.57. The Labute approximate surface area is 97.0 Å². The Balaban J connectivity index is 2.15. The van der Waals surface area contributed by atoms with Crippen molar-refractivity contribution in [3.05, 3.63) is 24.2 Å². The normalized spacial score (nSPS) is 11.8. The molecule has 0 saturated heterocycles. The van der Waals surface area contributed by atoms with Crippen LogP contribution in [-0.4, -0.2) is 26.5 Å². The summed E-state index contributed by atoms with van der Waals surface area (Å²) in [6.45, 7) is 3.05. The van der Waals surface area contributed by atoms with Gasteiger partial charge in [-0.25, -0.2) is 8.42 Å². The molecule has 0 aromatic carbocycles. The third-order valence-electron chi connectivity index (χ3n) is 2.28. The van der Waals surface area contributed by atoms with Gasteiger partial charge in [-0.3, -0.25) is 0 Å². The molecule has 0 bridgehead atoms. The van der Waals surface area contributed by atoms with Crippen molar-refractivity contribution in [1.82, 2.24) is 5.32 Å². The molecule has 0 aliphatic rings. The molecule has 1 aromatic heterocycles. The van der Waals surface area contributed by atoms with Crippen molar-refractivity contribution >= 4 is 9.84 Å². The minimum atomic E-state index is -2.88. The first-order chi connectivity index (χ1) is 7.64. The van der Waals surface area contributed by atoms with Crippen LogP contribution in [0.1, 0.15) is 25.5 Å². The van der Waals surface area contributed by atoms with Crippen LogP contribution in [0.25, 0.3) is 0 Å². The molecule has 1 N–H and O–H groups in total. The van der Waals surface area contributed by atoms with Crippen LogP contribution in [0.4, 0.5) is 0 Å². The molecule has 4 nitrogen and oxygen atoms in total. The van der Waals surface area contributed by atoms with Crippen LogP contribution in [0.2, 0.25) is 0 Å². The Bertz CT molecular complexity index is 370. The Morgan fingerprint density at radius 1 is 1.38 bits per heavy atom. The summed E-state index contributed by atoms with van der Waals surface area (Å²) in [6.07, 6.45) is 3.27. The largest absolute Gasteiger partial charge is 0.468 e. The predicted molar refractivity (Wildman–Crippen MR) is 64.0 cm³/mol. The number of hydrogen-bond acceptors (Lipinski definition) is 4. The van der Waals surface area contributed by atoms with Gasteiger partial charge >= 0.3 is 0 Å². The zero-order valence-corrected chi connectivity index (χ0v) is 10.4. The number of sulfone groups is 1. The van der Waals surface area contributed by atoms with E-state index in [9.17, 15) is 8.42 Å². The van der Waals surface area contributed by atoms with Crippen molar-refractivity contribution in [2.24, 2.45) is 0 Å². The van der Waals surface area contributed by atoms with E-state index in [2.05, 4.69) is 5.32 Å². The highest BCUT2D eigenvalue weighted by Gasteiger charge is 2.09. The Morgan fingerprint density at radius 3 is 2.81 bits per heavy atom. The van der Waals surface area contributed by atoms with E-state index >= 15 is 0 Å². The monoisotopic (exact) mass is 245 g/mol. The molecule has 1 rings (SSSR count). The first-order valence-corrected chi connectivity index (χ1v) is 7.39. The van der Waals surface area contributed by atoms with Crippen molar-refractivity contribution in [2.75, 3.05) is 18.1 Å². The number of hydrogen-bond donors (Lipinski definition) is 1. The Hall–Kier alpha value is -0.810. The molecule has 0 spiro atoms. The molecule has 0 aliphatic carbocycles. The van der Waals surface area contributed by atoms with Gasteiger partial charge in [0.25, 0.3) is 0 Å². The van der Waals surface area contributed by atoms with Gasteiger partial charge in [-0.2, -0.15) is 0 Å². The summed E-state index contributed by atoms with van der Waals surface area (Å²) >= 11 is 0. The molecule has 0 radical (unpaired) electrons. The fraction of sp³-hybridized carbons (Fsp3) is 0.636. The smallest absolute Gasteiger partial charge is 0.151 e. The Kier molecular flexibility index (Phi) is 5.55. The molecule has 0 aliphatic heterocycles. The van der Waals surface area contributed by atoms with E-state index in [1.807, 2.05) is 19.1 Å². The van der Waals surface area contributed by atoms with E-state index in [0.717, 1.165) is 18.6 Å². The van der Waals surface area contributed by atoms with E-state index in [-0.39, 0.29) is 5.75 Å². The SMILES string of the molecule is CCCCS(=O)(=O)CCNCc1ccco1. The molecule has 92 valence electrons. The van der Waals surface area contributed by atoms with E-state index in [1.165, 1.54) is 0 Å². The second-order valence-electron chi connectivity index (χ2n) is 3.76. The lowest BCUT2D eigenvalue weighted by Gasteiger charge is -2.04. The average Bonchev–Trinajstić information content (AvgIpc) is 2.75. The standard InChI is InChI=1S/C11H19NO3S/c1-2-3-8-16(13,14)9-6-12-10-11-5-4-7-15-11/h4-5,7,12H,2-3,6,8-10H2,1H3. The van der Waals surface area contributed by atoms with Crippen molar-refractivity contribution in [3.63, 3.8) is 0 Å². The van der Waals surface area contributed by atoms with Crippen LogP contribution in [0, 0.1) is 0 Å². The molecular formula is C11H19NO3S. The van der Waals surface area contributed by atoms with Crippen LogP contribution in [-0.2, 0) is 16.4 Å². The summed E-state index contributed by atoms with van der Waals surface area (Å²) in [5, 5.41) is 3.05. The van der Waals surface area contributed by atoms with Crippen molar-refractivity contribution in [2.45, 2.75) is 26.3 Å². The van der Waals surface area contributed by atoms with Crippen LogP contribution in [0.15, 0.2) is 22.8 Å². The van der Waals surface area contributed by atoms with Gasteiger partial charge in [0, 0.05) is 6.54 Å². The van der Waals surface area contributed by atoms with Crippen LogP contribution < -0.4 is 5.32 Å². The lowest BCUT2D eigenvalue weighted by atomic mass is 10.4. The highest BCUT2D eigenvalue weighted by molar-refractivity contribution is 7.91. The highest BCUT2D eigenvalue weighted by atomic mass is 32.2. The molecule has 0 amide bonds. The summed E-state index contributed by atoms with van der Waals surface area (Å²) in [5.74, 6) is 1.32. The topological polar surface area (TPSA) is 59.3 Å². The molecule has 0 saturated carbocycles. The zero-order chi connectivity index (χ0) is 11.9. The molecule has 1 heterocycles. The van der Waals surface area contributed by atoms with Gasteiger partial charge < -0.3 is 9.73 Å². The summed E-state index contributed by atoms with van der Waals surface area (Å²) in [5.41, 5.74) is 0. The lowest BCUT2D eigenvalue weighted by molar-refractivity contribution is 0.487. The van der Waals surface area contributed by atoms with E-state index in [1.54, 1.807) is 6.26 Å². The maximum absolute atomic E-state index is 11.5. The van der Waals surface area contributed by atoms with Gasteiger partial charge in [0.15, 0.2) is 9.84 Å². The fourth-order valence-corrected chi connectivity index (χ4v) is 2.71. The minimum absolute atomic E-state index is 0.202. The lowest BCUT2D eigenvalue weighted by Crippen LogP contribution is -2.24. The molecule has 0 fully saturated rings. The summed E-state index contributed by atoms with van der Waals surface area (Å²) in [6, 6.07) is 3.67. The van der Waals surface area contributed by atoms with Gasteiger partial charge in [0.1, 0.15) is 5.76 Å². The number of unbranched alkanes of at least 4 members (excludes halogenated alkanes) is 1. The highest BCUT2D eigenvalue weighted by Crippen LogP contribution is 1.99. The zero-order valence-electron chi connectivity index (χ0n) is 9.61. The van der Waals surface area contributed by atoms with Gasteiger partial charge in [-0.1, -0.05) is 13.3 Å². The van der Waals surface area contributed by atoms with Crippen LogP contribution in [0.3, 0.4) is 0 Å². The van der Waals surface area contributed by atoms with Gasteiger partial charge in [0.2, 0.25) is 0 Å². The molecule has 5 heteroatoms. The third kappa shape index (κ3) is 5.32. The second-order valence-corrected chi connectivity index (χ2v) is 6.07. The third-order valence-corrected chi connectivity index (χ3v) is 4.01.